The summed E-state index contributed by atoms with van der Waals surface area (Å²) in [6, 6.07) is 3.08. The second-order valence-corrected chi connectivity index (χ2v) is 8.61. The van der Waals surface area contributed by atoms with Crippen molar-refractivity contribution < 1.29 is 13.5 Å². The Labute approximate surface area is 156 Å². The number of hydrogen-bond acceptors (Lipinski definition) is 1. The normalized spacial score (nSPS) is 26.7. The topological polar surface area (TPSA) is 9.23 Å². The minimum Gasteiger partial charge on any atom is -0.486 e. The van der Waals surface area contributed by atoms with Crippen LogP contribution in [-0.2, 0) is 0 Å². The van der Waals surface area contributed by atoms with E-state index in [-0.39, 0.29) is 5.75 Å². The molecule has 144 valence electrons. The third-order valence-corrected chi connectivity index (χ3v) is 6.62. The lowest BCUT2D eigenvalue weighted by Crippen LogP contribution is -2.25. The lowest BCUT2D eigenvalue weighted by Gasteiger charge is -2.36. The van der Waals surface area contributed by atoms with Crippen LogP contribution in [0.4, 0.5) is 8.78 Å². The van der Waals surface area contributed by atoms with Crippen LogP contribution >= 0.6 is 0 Å². The van der Waals surface area contributed by atoms with Gasteiger partial charge >= 0.3 is 0 Å². The predicted octanol–water partition coefficient (Wildman–Crippen LogP) is 6.84. The van der Waals surface area contributed by atoms with Crippen LogP contribution in [0.15, 0.2) is 23.8 Å². The number of allylic oxidation sites excluding steroid dienone is 1. The quantitative estimate of drug-likeness (QED) is 0.521. The summed E-state index contributed by atoms with van der Waals surface area (Å²) in [5.74, 6) is 1.73. The van der Waals surface area contributed by atoms with Crippen LogP contribution in [0, 0.1) is 42.2 Å². The summed E-state index contributed by atoms with van der Waals surface area (Å²) in [5.41, 5.74) is 1.53. The number of rotatable bonds is 5. The van der Waals surface area contributed by atoms with Gasteiger partial charge in [-0.1, -0.05) is 26.0 Å². The summed E-state index contributed by atoms with van der Waals surface area (Å²) in [4.78, 5) is 0. The molecule has 2 aliphatic rings. The Morgan fingerprint density at radius 2 is 1.73 bits per heavy atom. The van der Waals surface area contributed by atoms with E-state index < -0.39 is 11.6 Å². The molecule has 1 atom stereocenters. The molecular formula is C23H32F2O. The van der Waals surface area contributed by atoms with Crippen LogP contribution < -0.4 is 4.74 Å². The van der Waals surface area contributed by atoms with E-state index in [2.05, 4.69) is 19.9 Å². The first-order chi connectivity index (χ1) is 12.5. The van der Waals surface area contributed by atoms with Crippen molar-refractivity contribution in [2.24, 2.45) is 23.7 Å². The van der Waals surface area contributed by atoms with Gasteiger partial charge in [0.05, 0.1) is 0 Å². The predicted molar refractivity (Wildman–Crippen MR) is 102 cm³/mol. The van der Waals surface area contributed by atoms with Gasteiger partial charge in [-0.05, 0) is 92.7 Å². The van der Waals surface area contributed by atoms with Crippen molar-refractivity contribution >= 4 is 0 Å². The van der Waals surface area contributed by atoms with Crippen LogP contribution in [0.2, 0.25) is 0 Å². The fraction of sp³-hybridized carbons (Fsp3) is 0.652. The fourth-order valence-corrected chi connectivity index (χ4v) is 4.66. The zero-order valence-electron chi connectivity index (χ0n) is 16.4. The van der Waals surface area contributed by atoms with Gasteiger partial charge < -0.3 is 4.74 Å². The summed E-state index contributed by atoms with van der Waals surface area (Å²) in [6.07, 6.45) is 11.1. The zero-order chi connectivity index (χ0) is 18.7. The second kappa shape index (κ2) is 8.54. The van der Waals surface area contributed by atoms with Crippen LogP contribution in [0.25, 0.3) is 0 Å². The van der Waals surface area contributed by atoms with Gasteiger partial charge in [0.25, 0.3) is 0 Å². The summed E-state index contributed by atoms with van der Waals surface area (Å²) in [7, 11) is 0. The summed E-state index contributed by atoms with van der Waals surface area (Å²) < 4.78 is 33.1. The molecule has 0 aliphatic heterocycles. The third kappa shape index (κ3) is 4.47. The van der Waals surface area contributed by atoms with Crippen molar-refractivity contribution in [1.82, 2.24) is 0 Å². The lowest BCUT2D eigenvalue weighted by molar-refractivity contribution is 0.165. The van der Waals surface area contributed by atoms with Gasteiger partial charge in [-0.3, -0.25) is 0 Å². The molecule has 3 rings (SSSR count). The Morgan fingerprint density at radius 3 is 2.35 bits per heavy atom. The maximum Gasteiger partial charge on any atom is 0.200 e. The molecule has 26 heavy (non-hydrogen) atoms. The molecule has 0 bridgehead atoms. The molecule has 1 aromatic carbocycles. The average Bonchev–Trinajstić information content (AvgIpc) is 2.66. The molecule has 0 N–H and O–H groups in total. The minimum atomic E-state index is -0.874. The molecule has 2 aliphatic carbocycles. The molecule has 0 heterocycles. The van der Waals surface area contributed by atoms with Gasteiger partial charge in [-0.25, -0.2) is 4.39 Å². The Bertz CT molecular complexity index is 642. The van der Waals surface area contributed by atoms with Gasteiger partial charge in [0.15, 0.2) is 11.6 Å². The molecule has 1 aromatic rings. The molecule has 0 spiro atoms. The molecular weight excluding hydrogens is 330 g/mol. The van der Waals surface area contributed by atoms with Gasteiger partial charge in [-0.2, -0.15) is 4.39 Å². The Morgan fingerprint density at radius 1 is 1.00 bits per heavy atom. The first kappa shape index (κ1) is 19.4. The molecule has 1 nitrogen and oxygen atoms in total. The standard InChI is InChI=1S/C23H32F2O/c1-15(2)18-9-11-20(12-10-18)19-7-5-17(6-8-19)14-26-21-13-4-16(3)22(24)23(21)25/h4-5,13,15,18-20H,6-12,14H2,1-3H3. The highest BCUT2D eigenvalue weighted by molar-refractivity contribution is 5.30. The molecule has 3 heteroatoms. The van der Waals surface area contributed by atoms with Crippen molar-refractivity contribution in [3.8, 4) is 5.75 Å². The van der Waals surface area contributed by atoms with E-state index in [0.717, 1.165) is 36.5 Å². The highest BCUT2D eigenvalue weighted by Gasteiger charge is 2.29. The van der Waals surface area contributed by atoms with Crippen LogP contribution in [0.5, 0.6) is 5.75 Å². The molecule has 1 saturated carbocycles. The van der Waals surface area contributed by atoms with E-state index in [0.29, 0.717) is 12.2 Å². The number of halogens is 2. The number of hydrogen-bond donors (Lipinski definition) is 0. The van der Waals surface area contributed by atoms with E-state index in [1.165, 1.54) is 43.7 Å². The van der Waals surface area contributed by atoms with Gasteiger partial charge in [-0.15, -0.1) is 0 Å². The molecule has 0 amide bonds. The highest BCUT2D eigenvalue weighted by atomic mass is 19.2. The van der Waals surface area contributed by atoms with E-state index in [1.807, 2.05) is 0 Å². The largest absolute Gasteiger partial charge is 0.486 e. The summed E-state index contributed by atoms with van der Waals surface area (Å²) in [6.45, 7) is 6.62. The Hall–Kier alpha value is -1.38. The van der Waals surface area contributed by atoms with Crippen molar-refractivity contribution in [1.29, 1.82) is 0 Å². The molecule has 0 aromatic heterocycles. The SMILES string of the molecule is Cc1ccc(OCC2=CCC(C3CCC(C(C)C)CC3)CC2)c(F)c1F. The van der Waals surface area contributed by atoms with Crippen molar-refractivity contribution in [3.05, 3.63) is 41.0 Å². The fourth-order valence-electron chi connectivity index (χ4n) is 4.66. The van der Waals surface area contributed by atoms with Gasteiger partial charge in [0.2, 0.25) is 5.82 Å². The first-order valence-electron chi connectivity index (χ1n) is 10.2. The van der Waals surface area contributed by atoms with E-state index in [1.54, 1.807) is 13.0 Å². The second-order valence-electron chi connectivity index (χ2n) is 8.61. The molecule has 1 unspecified atom stereocenters. The maximum absolute atomic E-state index is 13.9. The number of benzene rings is 1. The van der Waals surface area contributed by atoms with Crippen molar-refractivity contribution in [2.75, 3.05) is 6.61 Å². The van der Waals surface area contributed by atoms with Gasteiger partial charge in [0, 0.05) is 0 Å². The summed E-state index contributed by atoms with van der Waals surface area (Å²) in [5, 5.41) is 0. The molecule has 0 radical (unpaired) electrons. The average molecular weight is 363 g/mol. The van der Waals surface area contributed by atoms with Gasteiger partial charge in [0.1, 0.15) is 6.61 Å². The maximum atomic E-state index is 13.9. The summed E-state index contributed by atoms with van der Waals surface area (Å²) >= 11 is 0. The van der Waals surface area contributed by atoms with Crippen molar-refractivity contribution in [3.63, 3.8) is 0 Å². The van der Waals surface area contributed by atoms with E-state index >= 15 is 0 Å². The smallest absolute Gasteiger partial charge is 0.200 e. The number of aryl methyl sites for hydroxylation is 1. The van der Waals surface area contributed by atoms with Crippen molar-refractivity contribution in [2.45, 2.75) is 65.7 Å². The third-order valence-electron chi connectivity index (χ3n) is 6.62. The first-order valence-corrected chi connectivity index (χ1v) is 10.2. The zero-order valence-corrected chi connectivity index (χ0v) is 16.4. The van der Waals surface area contributed by atoms with Crippen LogP contribution in [0.3, 0.4) is 0 Å². The minimum absolute atomic E-state index is 0.0168. The van der Waals surface area contributed by atoms with Crippen LogP contribution in [-0.4, -0.2) is 6.61 Å². The van der Waals surface area contributed by atoms with E-state index in [9.17, 15) is 8.78 Å². The molecule has 0 saturated heterocycles. The Balaban J connectivity index is 1.49. The van der Waals surface area contributed by atoms with E-state index in [4.69, 9.17) is 4.74 Å². The monoisotopic (exact) mass is 362 g/mol. The molecule has 1 fully saturated rings. The Kier molecular flexibility index (Phi) is 6.37. The highest BCUT2D eigenvalue weighted by Crippen LogP contribution is 2.41. The lowest BCUT2D eigenvalue weighted by atomic mass is 9.69. The van der Waals surface area contributed by atoms with Crippen LogP contribution in [0.1, 0.15) is 64.4 Å². The number of ether oxygens (including phenoxy) is 1.